The van der Waals surface area contributed by atoms with Crippen LogP contribution in [0.5, 0.6) is 0 Å². The standard InChI is InChI=1S/C32H27F2NO/c1-21(2)32-30(20-36-19-22-7-8-23-5-3-4-6-26(23)17-22)29(24-9-13-27(33)14-10-24)18-31(35-32)25-11-15-28(34)16-12-25/h3-18,21H,19-20H2,1-2H3. The maximum absolute atomic E-state index is 13.7. The fourth-order valence-electron chi connectivity index (χ4n) is 4.48. The Morgan fingerprint density at radius 3 is 2.00 bits per heavy atom. The summed E-state index contributed by atoms with van der Waals surface area (Å²) in [7, 11) is 0. The minimum Gasteiger partial charge on any atom is -0.372 e. The molecular formula is C32H27F2NO. The maximum atomic E-state index is 13.7. The number of halogens is 2. The first-order valence-electron chi connectivity index (χ1n) is 12.1. The Bertz CT molecular complexity index is 1490. The predicted octanol–water partition coefficient (Wildman–Crippen LogP) is 8.69. The molecule has 36 heavy (non-hydrogen) atoms. The van der Waals surface area contributed by atoms with Gasteiger partial charge in [0.05, 0.1) is 18.9 Å². The monoisotopic (exact) mass is 479 g/mol. The van der Waals surface area contributed by atoms with Gasteiger partial charge in [-0.25, -0.2) is 8.78 Å². The van der Waals surface area contributed by atoms with Crippen LogP contribution in [0.4, 0.5) is 8.78 Å². The topological polar surface area (TPSA) is 22.1 Å². The molecular weight excluding hydrogens is 452 g/mol. The second-order valence-electron chi connectivity index (χ2n) is 9.26. The van der Waals surface area contributed by atoms with E-state index in [1.165, 1.54) is 35.0 Å². The maximum Gasteiger partial charge on any atom is 0.123 e. The van der Waals surface area contributed by atoms with E-state index in [0.29, 0.717) is 13.2 Å². The van der Waals surface area contributed by atoms with Gasteiger partial charge in [-0.3, -0.25) is 4.98 Å². The molecule has 0 amide bonds. The first-order valence-corrected chi connectivity index (χ1v) is 12.1. The van der Waals surface area contributed by atoms with Crippen LogP contribution in [0.2, 0.25) is 0 Å². The summed E-state index contributed by atoms with van der Waals surface area (Å²) in [6.07, 6.45) is 0. The lowest BCUT2D eigenvalue weighted by molar-refractivity contribution is 0.106. The van der Waals surface area contributed by atoms with Crippen molar-refractivity contribution in [2.45, 2.75) is 33.0 Å². The molecule has 0 unspecified atom stereocenters. The zero-order valence-electron chi connectivity index (χ0n) is 20.3. The summed E-state index contributed by atoms with van der Waals surface area (Å²) in [5, 5.41) is 2.38. The number of pyridine rings is 1. The van der Waals surface area contributed by atoms with Crippen LogP contribution in [0.3, 0.4) is 0 Å². The van der Waals surface area contributed by atoms with Crippen molar-refractivity contribution in [1.29, 1.82) is 0 Å². The first-order chi connectivity index (χ1) is 17.5. The van der Waals surface area contributed by atoms with Crippen molar-refractivity contribution >= 4 is 10.8 Å². The van der Waals surface area contributed by atoms with E-state index < -0.39 is 0 Å². The summed E-state index contributed by atoms with van der Waals surface area (Å²) in [5.41, 5.74) is 6.37. The smallest absolute Gasteiger partial charge is 0.123 e. The number of fused-ring (bicyclic) bond motifs is 1. The van der Waals surface area contributed by atoms with Gasteiger partial charge in [0.25, 0.3) is 0 Å². The van der Waals surface area contributed by atoms with Crippen molar-refractivity contribution < 1.29 is 13.5 Å². The van der Waals surface area contributed by atoms with Crippen molar-refractivity contribution in [3.05, 3.63) is 126 Å². The van der Waals surface area contributed by atoms with E-state index in [9.17, 15) is 8.78 Å². The molecule has 2 nitrogen and oxygen atoms in total. The van der Waals surface area contributed by atoms with E-state index in [1.54, 1.807) is 24.3 Å². The van der Waals surface area contributed by atoms with Crippen LogP contribution in [0, 0.1) is 11.6 Å². The van der Waals surface area contributed by atoms with Gasteiger partial charge in [0.15, 0.2) is 0 Å². The molecule has 0 saturated heterocycles. The van der Waals surface area contributed by atoms with E-state index in [-0.39, 0.29) is 17.6 Å². The highest BCUT2D eigenvalue weighted by molar-refractivity contribution is 5.83. The van der Waals surface area contributed by atoms with Gasteiger partial charge >= 0.3 is 0 Å². The lowest BCUT2D eigenvalue weighted by Crippen LogP contribution is -2.07. The van der Waals surface area contributed by atoms with Crippen LogP contribution in [0.15, 0.2) is 97.1 Å². The quantitative estimate of drug-likeness (QED) is 0.233. The van der Waals surface area contributed by atoms with E-state index in [1.807, 2.05) is 18.2 Å². The third-order valence-electron chi connectivity index (χ3n) is 6.33. The van der Waals surface area contributed by atoms with Gasteiger partial charge < -0.3 is 4.74 Å². The van der Waals surface area contributed by atoms with Gasteiger partial charge in [-0.1, -0.05) is 62.4 Å². The van der Waals surface area contributed by atoms with Crippen molar-refractivity contribution in [2.24, 2.45) is 0 Å². The average molecular weight is 480 g/mol. The Morgan fingerprint density at radius 2 is 1.33 bits per heavy atom. The predicted molar refractivity (Wildman–Crippen MR) is 142 cm³/mol. The SMILES string of the molecule is CC(C)c1nc(-c2ccc(F)cc2)cc(-c2ccc(F)cc2)c1COCc1ccc2ccccc2c1. The van der Waals surface area contributed by atoms with Gasteiger partial charge in [0.1, 0.15) is 11.6 Å². The van der Waals surface area contributed by atoms with Gasteiger partial charge in [0.2, 0.25) is 0 Å². The molecule has 4 heteroatoms. The first kappa shape index (κ1) is 23.8. The van der Waals surface area contributed by atoms with Crippen molar-refractivity contribution in [3.8, 4) is 22.4 Å². The Hall–Kier alpha value is -3.89. The molecule has 0 aliphatic heterocycles. The van der Waals surface area contributed by atoms with Crippen LogP contribution in [-0.2, 0) is 18.0 Å². The number of hydrogen-bond acceptors (Lipinski definition) is 2. The van der Waals surface area contributed by atoms with Crippen LogP contribution in [0.25, 0.3) is 33.2 Å². The zero-order valence-corrected chi connectivity index (χ0v) is 20.3. The highest BCUT2D eigenvalue weighted by atomic mass is 19.1. The number of hydrogen-bond donors (Lipinski definition) is 0. The molecule has 0 aliphatic rings. The zero-order chi connectivity index (χ0) is 25.1. The Labute approximate surface area is 210 Å². The molecule has 0 aliphatic carbocycles. The second-order valence-corrected chi connectivity index (χ2v) is 9.26. The number of benzene rings is 4. The van der Waals surface area contributed by atoms with Crippen LogP contribution >= 0.6 is 0 Å². The van der Waals surface area contributed by atoms with Gasteiger partial charge in [0, 0.05) is 16.8 Å². The molecule has 5 aromatic rings. The number of rotatable bonds is 7. The number of aromatic nitrogens is 1. The summed E-state index contributed by atoms with van der Waals surface area (Å²) in [6, 6.07) is 29.4. The molecule has 0 spiro atoms. The molecule has 0 N–H and O–H groups in total. The fraction of sp³-hybridized carbons (Fsp3) is 0.156. The summed E-state index contributed by atoms with van der Waals surface area (Å²) in [6.45, 7) is 5.02. The van der Waals surface area contributed by atoms with Crippen LogP contribution < -0.4 is 0 Å². The summed E-state index contributed by atoms with van der Waals surface area (Å²) in [4.78, 5) is 4.97. The summed E-state index contributed by atoms with van der Waals surface area (Å²) >= 11 is 0. The summed E-state index contributed by atoms with van der Waals surface area (Å²) < 4.78 is 33.5. The third-order valence-corrected chi connectivity index (χ3v) is 6.33. The molecule has 0 radical (unpaired) electrons. The number of ether oxygens (including phenoxy) is 1. The van der Waals surface area contributed by atoms with E-state index >= 15 is 0 Å². The lowest BCUT2D eigenvalue weighted by Gasteiger charge is -2.19. The van der Waals surface area contributed by atoms with Gasteiger partial charge in [-0.15, -0.1) is 0 Å². The van der Waals surface area contributed by atoms with E-state index in [4.69, 9.17) is 9.72 Å². The highest BCUT2D eigenvalue weighted by Gasteiger charge is 2.18. The Kier molecular flexibility index (Phi) is 6.88. The Morgan fingerprint density at radius 1 is 0.694 bits per heavy atom. The largest absolute Gasteiger partial charge is 0.372 e. The number of nitrogens with zero attached hydrogens (tertiary/aromatic N) is 1. The van der Waals surface area contributed by atoms with E-state index in [2.05, 4.69) is 44.2 Å². The van der Waals surface area contributed by atoms with Crippen molar-refractivity contribution in [1.82, 2.24) is 4.98 Å². The molecule has 1 aromatic heterocycles. The molecule has 4 aromatic carbocycles. The molecule has 5 rings (SSSR count). The summed E-state index contributed by atoms with van der Waals surface area (Å²) in [5.74, 6) is -0.450. The van der Waals surface area contributed by atoms with Gasteiger partial charge in [-0.2, -0.15) is 0 Å². The van der Waals surface area contributed by atoms with Crippen LogP contribution in [0.1, 0.15) is 36.6 Å². The highest BCUT2D eigenvalue weighted by Crippen LogP contribution is 2.34. The molecule has 0 bridgehead atoms. The lowest BCUT2D eigenvalue weighted by atomic mass is 9.93. The normalized spacial score (nSPS) is 11.4. The molecule has 0 saturated carbocycles. The van der Waals surface area contributed by atoms with Gasteiger partial charge in [-0.05, 0) is 81.9 Å². The third kappa shape index (κ3) is 5.19. The van der Waals surface area contributed by atoms with Crippen molar-refractivity contribution in [3.63, 3.8) is 0 Å². The van der Waals surface area contributed by atoms with Crippen LogP contribution in [-0.4, -0.2) is 4.98 Å². The average Bonchev–Trinajstić information content (AvgIpc) is 2.89. The molecule has 180 valence electrons. The van der Waals surface area contributed by atoms with E-state index in [0.717, 1.165) is 39.2 Å². The minimum atomic E-state index is -0.291. The fourth-order valence-corrected chi connectivity index (χ4v) is 4.48. The van der Waals surface area contributed by atoms with Crippen molar-refractivity contribution in [2.75, 3.05) is 0 Å². The molecule has 0 fully saturated rings. The molecule has 1 heterocycles. The second kappa shape index (κ2) is 10.4. The Balaban J connectivity index is 1.52. The molecule has 0 atom stereocenters. The minimum absolute atomic E-state index is 0.129.